The first-order valence-electron chi connectivity index (χ1n) is 9.61. The molecule has 1 aliphatic rings. The number of carbonyl (C=O) groups is 3. The molecule has 1 atom stereocenters. The second-order valence-corrected chi connectivity index (χ2v) is 8.95. The average molecular weight is 427 g/mol. The van der Waals surface area contributed by atoms with Crippen molar-refractivity contribution in [2.45, 2.75) is 57.6 Å². The van der Waals surface area contributed by atoms with Crippen LogP contribution in [0.3, 0.4) is 0 Å². The van der Waals surface area contributed by atoms with E-state index >= 15 is 0 Å². The van der Waals surface area contributed by atoms with Gasteiger partial charge in [-0.05, 0) is 33.6 Å². The third-order valence-electron chi connectivity index (χ3n) is 4.50. The third kappa shape index (κ3) is 6.97. The Labute approximate surface area is 175 Å². The van der Waals surface area contributed by atoms with Gasteiger partial charge in [-0.2, -0.15) is 0 Å². The summed E-state index contributed by atoms with van der Waals surface area (Å²) in [6.07, 6.45) is 2.79. The number of anilines is 1. The van der Waals surface area contributed by atoms with Gasteiger partial charge in [0.25, 0.3) is 0 Å². The van der Waals surface area contributed by atoms with Crippen LogP contribution in [0.1, 0.15) is 46.5 Å². The van der Waals surface area contributed by atoms with E-state index in [2.05, 4.69) is 15.6 Å². The molecule has 0 aromatic carbocycles. The van der Waals surface area contributed by atoms with E-state index in [-0.39, 0.29) is 37.8 Å². The van der Waals surface area contributed by atoms with Gasteiger partial charge in [-0.1, -0.05) is 0 Å². The molecule has 0 bridgehead atoms. The topological polar surface area (TPSA) is 110 Å². The van der Waals surface area contributed by atoms with Crippen LogP contribution in [0.5, 0.6) is 0 Å². The molecule has 1 fully saturated rings. The van der Waals surface area contributed by atoms with Crippen molar-refractivity contribution in [3.63, 3.8) is 0 Å². The van der Waals surface area contributed by atoms with Gasteiger partial charge in [0.15, 0.2) is 5.13 Å². The molecule has 0 spiro atoms. The summed E-state index contributed by atoms with van der Waals surface area (Å²) in [6.45, 7) is 6.53. The fourth-order valence-electron chi connectivity index (χ4n) is 3.24. The highest BCUT2D eigenvalue weighted by molar-refractivity contribution is 7.13. The molecule has 0 unspecified atom stereocenters. The Morgan fingerprint density at radius 3 is 2.62 bits per heavy atom. The van der Waals surface area contributed by atoms with E-state index in [1.165, 1.54) is 11.3 Å². The highest BCUT2D eigenvalue weighted by atomic mass is 32.1. The number of amides is 3. The Morgan fingerprint density at radius 2 is 2.00 bits per heavy atom. The molecule has 2 rings (SSSR count). The first-order chi connectivity index (χ1) is 13.6. The van der Waals surface area contributed by atoms with E-state index in [0.717, 1.165) is 6.42 Å². The molecular weight excluding hydrogens is 396 g/mol. The summed E-state index contributed by atoms with van der Waals surface area (Å²) >= 11 is 1.32. The number of methoxy groups -OCH3 is 1. The minimum absolute atomic E-state index is 0.0483. The lowest BCUT2D eigenvalue weighted by Crippen LogP contribution is -2.57. The molecular formula is C19H30N4O5S. The molecule has 162 valence electrons. The van der Waals surface area contributed by atoms with Crippen LogP contribution in [0.2, 0.25) is 0 Å². The van der Waals surface area contributed by atoms with Gasteiger partial charge < -0.3 is 20.1 Å². The van der Waals surface area contributed by atoms with E-state index in [1.807, 2.05) is 20.8 Å². The van der Waals surface area contributed by atoms with Crippen LogP contribution >= 0.6 is 11.3 Å². The van der Waals surface area contributed by atoms with Crippen LogP contribution in [-0.4, -0.2) is 65.7 Å². The molecule has 29 heavy (non-hydrogen) atoms. The van der Waals surface area contributed by atoms with E-state index < -0.39 is 17.2 Å². The minimum atomic E-state index is -0.657. The molecule has 1 aromatic heterocycles. The van der Waals surface area contributed by atoms with Gasteiger partial charge in [0.1, 0.15) is 5.60 Å². The summed E-state index contributed by atoms with van der Waals surface area (Å²) in [4.78, 5) is 42.4. The lowest BCUT2D eigenvalue weighted by Gasteiger charge is -2.38. The Kier molecular flexibility index (Phi) is 7.97. The zero-order valence-electron chi connectivity index (χ0n) is 17.4. The Balaban J connectivity index is 1.89. The van der Waals surface area contributed by atoms with Crippen molar-refractivity contribution in [1.82, 2.24) is 15.2 Å². The number of rotatable bonds is 8. The molecule has 2 heterocycles. The summed E-state index contributed by atoms with van der Waals surface area (Å²) < 4.78 is 10.9. The van der Waals surface area contributed by atoms with Crippen LogP contribution in [-0.2, 0) is 19.1 Å². The lowest BCUT2D eigenvalue weighted by atomic mass is 9.97. The number of carbonyl (C=O) groups excluding carboxylic acids is 3. The first kappa shape index (κ1) is 23.1. The number of nitrogens with zero attached hydrogens (tertiary/aromatic N) is 2. The Morgan fingerprint density at radius 1 is 1.28 bits per heavy atom. The van der Waals surface area contributed by atoms with E-state index in [0.29, 0.717) is 18.1 Å². The molecule has 3 amide bonds. The molecule has 2 N–H and O–H groups in total. The maximum Gasteiger partial charge on any atom is 0.410 e. The van der Waals surface area contributed by atoms with Crippen LogP contribution in [0.25, 0.3) is 0 Å². The van der Waals surface area contributed by atoms with Crippen molar-refractivity contribution in [2.75, 3.05) is 32.1 Å². The number of ether oxygens (including phenoxy) is 2. The molecule has 0 aliphatic carbocycles. The van der Waals surface area contributed by atoms with Crippen molar-refractivity contribution in [1.29, 1.82) is 0 Å². The largest absolute Gasteiger partial charge is 0.444 e. The molecule has 1 aliphatic heterocycles. The van der Waals surface area contributed by atoms with E-state index in [9.17, 15) is 14.4 Å². The third-order valence-corrected chi connectivity index (χ3v) is 5.18. The summed E-state index contributed by atoms with van der Waals surface area (Å²) in [7, 11) is 1.57. The number of hydrogen-bond donors (Lipinski definition) is 2. The standard InChI is InChI=1S/C19H30N4O5S/c1-18(2,3)28-17(26)23-10-5-8-19(23,13-27-4)12-21-14(24)6-7-15(25)22-16-20-9-11-29-16/h9,11H,5-8,10,12-13H2,1-4H3,(H,21,24)(H,20,22,25)/t19-/m1/s1. The number of likely N-dealkylation sites (tertiary alicyclic amines) is 1. The van der Waals surface area contributed by atoms with E-state index in [4.69, 9.17) is 9.47 Å². The first-order valence-corrected chi connectivity index (χ1v) is 10.5. The van der Waals surface area contributed by atoms with Crippen LogP contribution in [0.15, 0.2) is 11.6 Å². The van der Waals surface area contributed by atoms with Crippen molar-refractivity contribution in [2.24, 2.45) is 0 Å². The summed E-state index contributed by atoms with van der Waals surface area (Å²) in [6, 6.07) is 0. The van der Waals surface area contributed by atoms with Crippen molar-refractivity contribution < 1.29 is 23.9 Å². The number of nitrogens with one attached hydrogen (secondary N) is 2. The van der Waals surface area contributed by atoms with Gasteiger partial charge in [-0.25, -0.2) is 9.78 Å². The van der Waals surface area contributed by atoms with Crippen LogP contribution in [0.4, 0.5) is 9.93 Å². The van der Waals surface area contributed by atoms with Gasteiger partial charge in [-0.3, -0.25) is 14.5 Å². The van der Waals surface area contributed by atoms with Gasteiger partial charge in [-0.15, -0.1) is 11.3 Å². The summed E-state index contributed by atoms with van der Waals surface area (Å²) in [5.41, 5.74) is -1.26. The highest BCUT2D eigenvalue weighted by Crippen LogP contribution is 2.31. The zero-order chi connectivity index (χ0) is 21.5. The highest BCUT2D eigenvalue weighted by Gasteiger charge is 2.45. The molecule has 0 saturated carbocycles. The normalized spacial score (nSPS) is 19.1. The fraction of sp³-hybridized carbons (Fsp3) is 0.684. The quantitative estimate of drug-likeness (QED) is 0.661. The zero-order valence-corrected chi connectivity index (χ0v) is 18.3. The van der Waals surface area contributed by atoms with Gasteiger partial charge in [0.05, 0.1) is 12.1 Å². The van der Waals surface area contributed by atoms with Gasteiger partial charge in [0, 0.05) is 44.6 Å². The SMILES string of the molecule is COC[C@]1(CNC(=O)CCC(=O)Nc2nccs2)CCCN1C(=O)OC(C)(C)C. The maximum absolute atomic E-state index is 12.6. The van der Waals surface area contributed by atoms with Gasteiger partial charge in [0.2, 0.25) is 11.8 Å². The second kappa shape index (κ2) is 10.0. The van der Waals surface area contributed by atoms with Crippen molar-refractivity contribution >= 4 is 34.4 Å². The number of aromatic nitrogens is 1. The summed E-state index contributed by atoms with van der Waals surface area (Å²) in [5, 5.41) is 7.76. The van der Waals surface area contributed by atoms with Gasteiger partial charge >= 0.3 is 6.09 Å². The fourth-order valence-corrected chi connectivity index (χ4v) is 3.78. The number of thiazole rings is 1. The predicted molar refractivity (Wildman–Crippen MR) is 110 cm³/mol. The summed E-state index contributed by atoms with van der Waals surface area (Å²) in [5.74, 6) is -0.524. The molecule has 10 heteroatoms. The Bertz CT molecular complexity index is 704. The monoisotopic (exact) mass is 426 g/mol. The number of hydrogen-bond acceptors (Lipinski definition) is 7. The minimum Gasteiger partial charge on any atom is -0.444 e. The predicted octanol–water partition coefficient (Wildman–Crippen LogP) is 2.39. The van der Waals surface area contributed by atoms with Crippen LogP contribution in [0, 0.1) is 0 Å². The van der Waals surface area contributed by atoms with Crippen LogP contribution < -0.4 is 10.6 Å². The van der Waals surface area contributed by atoms with Crippen molar-refractivity contribution in [3.8, 4) is 0 Å². The average Bonchev–Trinajstić information content (AvgIpc) is 3.27. The lowest BCUT2D eigenvalue weighted by molar-refractivity contribution is -0.125. The smallest absolute Gasteiger partial charge is 0.410 e. The molecule has 0 radical (unpaired) electrons. The second-order valence-electron chi connectivity index (χ2n) is 8.06. The molecule has 9 nitrogen and oxygen atoms in total. The molecule has 1 aromatic rings. The molecule has 1 saturated heterocycles. The van der Waals surface area contributed by atoms with Crippen molar-refractivity contribution in [3.05, 3.63) is 11.6 Å². The Hall–Kier alpha value is -2.20. The maximum atomic E-state index is 12.6. The van der Waals surface area contributed by atoms with E-state index in [1.54, 1.807) is 23.6 Å².